The molecule has 4 nitrogen and oxygen atoms in total. The molecule has 1 aromatic carbocycles. The Morgan fingerprint density at radius 2 is 2.06 bits per heavy atom. The third-order valence-corrected chi connectivity index (χ3v) is 3.23. The van der Waals surface area contributed by atoms with Crippen LogP contribution in [0.5, 0.6) is 0 Å². The molecule has 1 aliphatic rings. The molecule has 1 saturated heterocycles. The van der Waals surface area contributed by atoms with Gasteiger partial charge in [-0.3, -0.25) is 9.69 Å². The quantitative estimate of drug-likeness (QED) is 0.921. The van der Waals surface area contributed by atoms with Crippen molar-refractivity contribution in [3.8, 4) is 0 Å². The molecule has 1 aromatic rings. The first-order valence-corrected chi connectivity index (χ1v) is 6.38. The van der Waals surface area contributed by atoms with Gasteiger partial charge in [-0.1, -0.05) is 23.2 Å². The van der Waals surface area contributed by atoms with Gasteiger partial charge in [0.15, 0.2) is 0 Å². The number of carbonyl (C=O) groups excluding carboxylic acids is 1. The van der Waals surface area contributed by atoms with Gasteiger partial charge in [-0.05, 0) is 23.8 Å². The van der Waals surface area contributed by atoms with Crippen molar-refractivity contribution in [1.29, 1.82) is 0 Å². The molecule has 2 N–H and O–H groups in total. The monoisotopic (exact) mass is 288 g/mol. The van der Waals surface area contributed by atoms with E-state index in [0.717, 1.165) is 12.1 Å². The van der Waals surface area contributed by atoms with Crippen LogP contribution in [0.25, 0.3) is 0 Å². The number of halogens is 2. The summed E-state index contributed by atoms with van der Waals surface area (Å²) in [6.07, 6.45) is -0.534. The first-order chi connectivity index (χ1) is 8.54. The number of nitrogens with zero attached hydrogens (tertiary/aromatic N) is 1. The highest BCUT2D eigenvalue weighted by atomic mass is 35.5. The Bertz CT molecular complexity index is 433. The van der Waals surface area contributed by atoms with E-state index in [-0.39, 0.29) is 0 Å². The van der Waals surface area contributed by atoms with Gasteiger partial charge in [0, 0.05) is 29.7 Å². The van der Waals surface area contributed by atoms with Crippen molar-refractivity contribution in [2.24, 2.45) is 5.73 Å². The average Bonchev–Trinajstić information content (AvgIpc) is 2.27. The molecule has 1 heterocycles. The molecule has 1 unspecified atom stereocenters. The van der Waals surface area contributed by atoms with E-state index in [0.29, 0.717) is 29.7 Å². The van der Waals surface area contributed by atoms with Gasteiger partial charge in [-0.25, -0.2) is 0 Å². The summed E-state index contributed by atoms with van der Waals surface area (Å²) < 4.78 is 5.29. The van der Waals surface area contributed by atoms with Crippen LogP contribution in [0, 0.1) is 0 Å². The molecular weight excluding hydrogens is 275 g/mol. The van der Waals surface area contributed by atoms with Crippen molar-refractivity contribution >= 4 is 29.1 Å². The normalized spacial score (nSPS) is 20.9. The number of benzene rings is 1. The Morgan fingerprint density at radius 1 is 1.39 bits per heavy atom. The topological polar surface area (TPSA) is 55.6 Å². The van der Waals surface area contributed by atoms with Crippen molar-refractivity contribution in [1.82, 2.24) is 4.90 Å². The Balaban J connectivity index is 2.02. The van der Waals surface area contributed by atoms with Crippen LogP contribution in [0.2, 0.25) is 10.0 Å². The molecule has 0 aromatic heterocycles. The number of primary amides is 1. The maximum absolute atomic E-state index is 11.1. The average molecular weight is 289 g/mol. The Morgan fingerprint density at radius 3 is 2.67 bits per heavy atom. The number of morpholine rings is 1. The maximum Gasteiger partial charge on any atom is 0.247 e. The number of ether oxygens (including phenoxy) is 1. The van der Waals surface area contributed by atoms with Crippen LogP contribution in [0.15, 0.2) is 18.2 Å². The molecule has 1 fully saturated rings. The van der Waals surface area contributed by atoms with Crippen LogP contribution < -0.4 is 5.73 Å². The van der Waals surface area contributed by atoms with E-state index in [2.05, 4.69) is 4.90 Å². The fraction of sp³-hybridized carbons (Fsp3) is 0.417. The van der Waals surface area contributed by atoms with Gasteiger partial charge in [0.25, 0.3) is 0 Å². The summed E-state index contributed by atoms with van der Waals surface area (Å²) >= 11 is 11.9. The summed E-state index contributed by atoms with van der Waals surface area (Å²) in [5.74, 6) is -0.427. The first-order valence-electron chi connectivity index (χ1n) is 5.63. The minimum absolute atomic E-state index is 0.427. The van der Waals surface area contributed by atoms with E-state index in [1.165, 1.54) is 0 Å². The second kappa shape index (κ2) is 5.89. The third-order valence-electron chi connectivity index (χ3n) is 2.80. The predicted molar refractivity (Wildman–Crippen MR) is 70.7 cm³/mol. The summed E-state index contributed by atoms with van der Waals surface area (Å²) in [4.78, 5) is 13.2. The van der Waals surface area contributed by atoms with Crippen molar-refractivity contribution < 1.29 is 9.53 Å². The molecule has 18 heavy (non-hydrogen) atoms. The lowest BCUT2D eigenvalue weighted by molar-refractivity contribution is -0.135. The highest BCUT2D eigenvalue weighted by Crippen LogP contribution is 2.20. The minimum Gasteiger partial charge on any atom is -0.367 e. The molecule has 1 amide bonds. The zero-order chi connectivity index (χ0) is 13.1. The lowest BCUT2D eigenvalue weighted by Gasteiger charge is -2.31. The summed E-state index contributed by atoms with van der Waals surface area (Å²) in [7, 11) is 0. The molecule has 0 aliphatic carbocycles. The molecule has 6 heteroatoms. The molecule has 1 aliphatic heterocycles. The standard InChI is InChI=1S/C12H14Cl2N2O2/c13-9-3-8(4-10(14)5-9)6-16-1-2-18-11(7-16)12(15)17/h3-5,11H,1-2,6-7H2,(H2,15,17). The maximum atomic E-state index is 11.1. The summed E-state index contributed by atoms with van der Waals surface area (Å²) in [6, 6.07) is 5.42. The van der Waals surface area contributed by atoms with Gasteiger partial charge in [0.1, 0.15) is 6.10 Å². The minimum atomic E-state index is -0.534. The fourth-order valence-corrected chi connectivity index (χ4v) is 2.55. The van der Waals surface area contributed by atoms with Crippen molar-refractivity contribution in [3.05, 3.63) is 33.8 Å². The Hall–Kier alpha value is -0.810. The zero-order valence-electron chi connectivity index (χ0n) is 9.73. The Labute approximate surface area is 116 Å². The molecular formula is C12H14Cl2N2O2. The van der Waals surface area contributed by atoms with E-state index in [1.54, 1.807) is 6.07 Å². The van der Waals surface area contributed by atoms with Crippen LogP contribution in [-0.2, 0) is 16.1 Å². The molecule has 98 valence electrons. The summed E-state index contributed by atoms with van der Waals surface area (Å²) in [5, 5.41) is 1.22. The highest BCUT2D eigenvalue weighted by molar-refractivity contribution is 6.34. The largest absolute Gasteiger partial charge is 0.367 e. The fourth-order valence-electron chi connectivity index (χ4n) is 1.98. The number of rotatable bonds is 3. The Kier molecular flexibility index (Phi) is 4.45. The third kappa shape index (κ3) is 3.59. The van der Waals surface area contributed by atoms with Crippen LogP contribution in [0.1, 0.15) is 5.56 Å². The number of hydrogen-bond acceptors (Lipinski definition) is 3. The number of hydrogen-bond donors (Lipinski definition) is 1. The van der Waals surface area contributed by atoms with E-state index in [4.69, 9.17) is 33.7 Å². The number of carbonyl (C=O) groups is 1. The van der Waals surface area contributed by atoms with Gasteiger partial charge in [-0.15, -0.1) is 0 Å². The zero-order valence-corrected chi connectivity index (χ0v) is 11.2. The summed E-state index contributed by atoms with van der Waals surface area (Å²) in [5.41, 5.74) is 6.25. The molecule has 2 rings (SSSR count). The number of amides is 1. The van der Waals surface area contributed by atoms with Gasteiger partial charge in [0.2, 0.25) is 5.91 Å². The molecule has 0 bridgehead atoms. The second-order valence-electron chi connectivity index (χ2n) is 4.27. The lowest BCUT2D eigenvalue weighted by Crippen LogP contribution is -2.47. The van der Waals surface area contributed by atoms with Crippen LogP contribution >= 0.6 is 23.2 Å². The van der Waals surface area contributed by atoms with Crippen molar-refractivity contribution in [3.63, 3.8) is 0 Å². The van der Waals surface area contributed by atoms with Crippen molar-refractivity contribution in [2.45, 2.75) is 12.6 Å². The van der Waals surface area contributed by atoms with E-state index >= 15 is 0 Å². The van der Waals surface area contributed by atoms with Crippen molar-refractivity contribution in [2.75, 3.05) is 19.7 Å². The van der Waals surface area contributed by atoms with Gasteiger partial charge in [-0.2, -0.15) is 0 Å². The van der Waals surface area contributed by atoms with Gasteiger partial charge in [0.05, 0.1) is 6.61 Å². The SMILES string of the molecule is NC(=O)C1CN(Cc2cc(Cl)cc(Cl)c2)CCO1. The van der Waals surface area contributed by atoms with Crippen LogP contribution in [-0.4, -0.2) is 36.6 Å². The molecule has 0 radical (unpaired) electrons. The van der Waals surface area contributed by atoms with Gasteiger partial charge < -0.3 is 10.5 Å². The highest BCUT2D eigenvalue weighted by Gasteiger charge is 2.24. The molecule has 1 atom stereocenters. The smallest absolute Gasteiger partial charge is 0.247 e. The molecule has 0 spiro atoms. The van der Waals surface area contributed by atoms with E-state index < -0.39 is 12.0 Å². The molecule has 0 saturated carbocycles. The van der Waals surface area contributed by atoms with E-state index in [9.17, 15) is 4.79 Å². The number of nitrogens with two attached hydrogens (primary N) is 1. The summed E-state index contributed by atoms with van der Waals surface area (Å²) in [6.45, 7) is 2.43. The first kappa shape index (κ1) is 13.6. The van der Waals surface area contributed by atoms with Crippen LogP contribution in [0.4, 0.5) is 0 Å². The predicted octanol–water partition coefficient (Wildman–Crippen LogP) is 1.68. The van der Waals surface area contributed by atoms with Crippen LogP contribution in [0.3, 0.4) is 0 Å². The van der Waals surface area contributed by atoms with Gasteiger partial charge >= 0.3 is 0 Å². The second-order valence-corrected chi connectivity index (χ2v) is 5.15. The lowest BCUT2D eigenvalue weighted by atomic mass is 10.2. The van der Waals surface area contributed by atoms with E-state index in [1.807, 2.05) is 12.1 Å².